The van der Waals surface area contributed by atoms with Crippen LogP contribution >= 0.6 is 0 Å². The molecular weight excluding hydrogens is 1120 g/mol. The van der Waals surface area contributed by atoms with Crippen LogP contribution in [0.25, 0.3) is 0 Å². The predicted molar refractivity (Wildman–Crippen MR) is 371 cm³/mol. The molecule has 0 aliphatic carbocycles. The molecular formula is C88H60O4. The fraction of sp³-hybridized carbons (Fsp3) is 0.0455. The Labute approximate surface area is 539 Å². The monoisotopic (exact) mass is 1180 g/mol. The summed E-state index contributed by atoms with van der Waals surface area (Å²) in [4.78, 5) is 0. The second-order valence-electron chi connectivity index (χ2n) is 21.8. The molecule has 0 heterocycles. The van der Waals surface area contributed by atoms with E-state index >= 15 is 0 Å². The molecule has 0 aliphatic heterocycles. The van der Waals surface area contributed by atoms with Crippen molar-refractivity contribution in [3.63, 3.8) is 0 Å². The molecule has 4 nitrogen and oxygen atoms in total. The first-order chi connectivity index (χ1) is 45.1. The summed E-state index contributed by atoms with van der Waals surface area (Å²) in [6.07, 6.45) is 2.54. The lowest BCUT2D eigenvalue weighted by atomic mass is 9.90. The van der Waals surface area contributed by atoms with Gasteiger partial charge in [0.05, 0.1) is 0 Å². The van der Waals surface area contributed by atoms with Gasteiger partial charge in [-0.25, -0.2) is 0 Å². The highest BCUT2D eigenvalue weighted by Gasteiger charge is 2.14. The Morgan fingerprint density at radius 3 is 0.674 bits per heavy atom. The zero-order chi connectivity index (χ0) is 63.1. The normalized spacial score (nSPS) is 10.0. The largest absolute Gasteiger partial charge is 0.508 e. The fourth-order valence-corrected chi connectivity index (χ4v) is 10.0. The maximum atomic E-state index is 9.94. The first-order valence-electron chi connectivity index (χ1n) is 30.1. The molecule has 0 radical (unpaired) electrons. The van der Waals surface area contributed by atoms with E-state index in [0.29, 0.717) is 25.7 Å². The summed E-state index contributed by atoms with van der Waals surface area (Å²) in [5.74, 6) is 41.0. The van der Waals surface area contributed by atoms with Crippen LogP contribution in [0.5, 0.6) is 23.0 Å². The summed E-state index contributed by atoms with van der Waals surface area (Å²) in [5, 5.41) is 39.4. The van der Waals surface area contributed by atoms with Crippen LogP contribution in [0.2, 0.25) is 0 Å². The van der Waals surface area contributed by atoms with Gasteiger partial charge >= 0.3 is 0 Å². The van der Waals surface area contributed by atoms with Crippen LogP contribution in [0.3, 0.4) is 0 Å². The Morgan fingerprint density at radius 1 is 0.185 bits per heavy atom. The van der Waals surface area contributed by atoms with E-state index in [4.69, 9.17) is 0 Å². The molecule has 436 valence electrons. The highest BCUT2D eigenvalue weighted by molar-refractivity contribution is 5.61. The average Bonchev–Trinajstić information content (AvgIpc) is 0.940. The number of phenols is 4. The van der Waals surface area contributed by atoms with Gasteiger partial charge in [0.1, 0.15) is 23.0 Å². The van der Waals surface area contributed by atoms with Crippen LogP contribution in [0.15, 0.2) is 291 Å². The van der Waals surface area contributed by atoms with E-state index in [1.807, 2.05) is 218 Å². The van der Waals surface area contributed by atoms with Crippen LogP contribution < -0.4 is 0 Å². The quantitative estimate of drug-likeness (QED) is 0.114. The highest BCUT2D eigenvalue weighted by atomic mass is 16.3. The molecule has 0 aliphatic rings. The Morgan fingerprint density at radius 2 is 0.402 bits per heavy atom. The van der Waals surface area contributed by atoms with E-state index in [-0.39, 0.29) is 23.0 Å². The Bertz CT molecular complexity index is 4630. The molecule has 0 fully saturated rings. The van der Waals surface area contributed by atoms with E-state index < -0.39 is 0 Å². The summed E-state index contributed by atoms with van der Waals surface area (Å²) in [5.41, 5.74) is 19.6. The van der Waals surface area contributed by atoms with Crippen molar-refractivity contribution in [2.45, 2.75) is 25.7 Å². The van der Waals surface area contributed by atoms with Gasteiger partial charge in [-0.05, 0) is 240 Å². The summed E-state index contributed by atoms with van der Waals surface area (Å²) < 4.78 is 0. The number of hydrogen-bond acceptors (Lipinski definition) is 4. The molecule has 0 unspecified atom stereocenters. The molecule has 0 bridgehead atoms. The lowest BCUT2D eigenvalue weighted by molar-refractivity contribution is 0.474. The first kappa shape index (κ1) is 60.9. The Balaban J connectivity index is 0.000000200. The van der Waals surface area contributed by atoms with E-state index in [0.717, 1.165) is 111 Å². The van der Waals surface area contributed by atoms with Gasteiger partial charge in [0.2, 0.25) is 0 Å². The van der Waals surface area contributed by atoms with Crippen LogP contribution in [-0.4, -0.2) is 20.4 Å². The molecule has 4 heteroatoms. The van der Waals surface area contributed by atoms with E-state index in [1.54, 1.807) is 48.5 Å². The van der Waals surface area contributed by atoms with Crippen molar-refractivity contribution in [3.8, 4) is 94.0 Å². The molecule has 0 spiro atoms. The van der Waals surface area contributed by atoms with Gasteiger partial charge in [0, 0.05) is 66.8 Å². The predicted octanol–water partition coefficient (Wildman–Crippen LogP) is 17.0. The van der Waals surface area contributed by atoms with Crippen LogP contribution in [0.4, 0.5) is 0 Å². The van der Waals surface area contributed by atoms with Crippen LogP contribution in [0, 0.1) is 71.0 Å². The van der Waals surface area contributed by atoms with Gasteiger partial charge in [-0.1, -0.05) is 192 Å². The summed E-state index contributed by atoms with van der Waals surface area (Å²) in [6, 6.07) is 93.4. The zero-order valence-corrected chi connectivity index (χ0v) is 50.3. The second-order valence-corrected chi connectivity index (χ2v) is 21.8. The fourth-order valence-electron chi connectivity index (χ4n) is 10.0. The lowest BCUT2D eigenvalue weighted by Gasteiger charge is -2.13. The average molecular weight is 1180 g/mol. The Kier molecular flexibility index (Phi) is 20.3. The summed E-state index contributed by atoms with van der Waals surface area (Å²) >= 11 is 0. The zero-order valence-electron chi connectivity index (χ0n) is 50.3. The number of aromatic hydroxyl groups is 4. The minimum atomic E-state index is 0.225. The molecule has 12 aromatic rings. The van der Waals surface area contributed by atoms with Gasteiger partial charge in [0.15, 0.2) is 0 Å². The van der Waals surface area contributed by atoms with E-state index in [9.17, 15) is 20.4 Å². The first-order valence-corrected chi connectivity index (χ1v) is 30.1. The molecule has 12 rings (SSSR count). The maximum absolute atomic E-state index is 9.94. The van der Waals surface area contributed by atoms with Gasteiger partial charge in [0.25, 0.3) is 0 Å². The minimum absolute atomic E-state index is 0.225. The van der Waals surface area contributed by atoms with Crippen molar-refractivity contribution >= 4 is 0 Å². The number of phenolic OH excluding ortho intramolecular Hbond substituents is 4. The molecule has 0 amide bonds. The molecule has 0 saturated heterocycles. The number of hydrogen-bond donors (Lipinski definition) is 4. The number of rotatable bonds is 8. The number of benzene rings is 12. The molecule has 92 heavy (non-hydrogen) atoms. The molecule has 0 aromatic heterocycles. The molecule has 0 saturated carbocycles. The van der Waals surface area contributed by atoms with Crippen molar-refractivity contribution in [2.75, 3.05) is 0 Å². The molecule has 12 aromatic carbocycles. The van der Waals surface area contributed by atoms with Crippen molar-refractivity contribution in [1.82, 2.24) is 0 Å². The van der Waals surface area contributed by atoms with Crippen molar-refractivity contribution in [2.24, 2.45) is 0 Å². The van der Waals surface area contributed by atoms with Crippen molar-refractivity contribution < 1.29 is 20.4 Å². The van der Waals surface area contributed by atoms with Gasteiger partial charge in [-0.3, -0.25) is 0 Å². The lowest BCUT2D eigenvalue weighted by Crippen LogP contribution is -2.01. The SMILES string of the molecule is Oc1ccc(Cc2cc(C#Cc3ccc(C#Cc4ccccc4)cc3)c(Cc3ccc(O)cc3)cc2C#Cc2ccc(C#Cc3ccccc3)cc2)cc1.Oc1ccc(Cc2cc(C#Cc3ccccc3)cc(Cc3ccc(O)cc3)c2C#Cc2ccccc2)cc1. The third kappa shape index (κ3) is 18.1. The van der Waals surface area contributed by atoms with Gasteiger partial charge < -0.3 is 20.4 Å². The minimum Gasteiger partial charge on any atom is -0.508 e. The van der Waals surface area contributed by atoms with Gasteiger partial charge in [-0.15, -0.1) is 0 Å². The third-order valence-electron chi connectivity index (χ3n) is 14.9. The summed E-state index contributed by atoms with van der Waals surface area (Å²) in [6.45, 7) is 0. The Hall–Kier alpha value is -12.8. The molecule has 4 N–H and O–H groups in total. The van der Waals surface area contributed by atoms with Crippen LogP contribution in [0.1, 0.15) is 111 Å². The topological polar surface area (TPSA) is 80.9 Å². The molecule has 0 atom stereocenters. The van der Waals surface area contributed by atoms with Crippen molar-refractivity contribution in [3.05, 3.63) is 402 Å². The van der Waals surface area contributed by atoms with E-state index in [2.05, 4.69) is 95.3 Å². The standard InChI is InChI=1S/C52H34O2.C36H26O2/c53-51-31-25-45(26-32-51)35-49-38-48(30-24-44-21-17-42(18-22-44)14-12-40-9-5-2-6-10-40)50(36-46-27-33-52(54)34-28-46)37-47(49)29-23-43-19-15-41(16-20-43)13-11-39-7-3-1-4-8-39;37-34-18-13-29(14-19-34)23-32-25-31(12-11-27-7-3-1-4-8-27)26-33(24-30-15-20-35(38)21-16-30)36(32)22-17-28-9-5-2-6-10-28/h1-10,15-22,25-28,31-34,37-38,53-54H,35-36H2;1-10,13-16,18-21,25-26,37-38H,23-24H2. The smallest absolute Gasteiger partial charge is 0.115 e. The van der Waals surface area contributed by atoms with Crippen molar-refractivity contribution in [1.29, 1.82) is 0 Å². The third-order valence-corrected chi connectivity index (χ3v) is 14.9. The maximum Gasteiger partial charge on any atom is 0.115 e. The van der Waals surface area contributed by atoms with Gasteiger partial charge in [-0.2, -0.15) is 0 Å². The highest BCUT2D eigenvalue weighted by Crippen LogP contribution is 2.27. The summed E-state index contributed by atoms with van der Waals surface area (Å²) in [7, 11) is 0. The van der Waals surface area contributed by atoms with E-state index in [1.165, 1.54) is 0 Å². The second kappa shape index (κ2) is 30.7. The van der Waals surface area contributed by atoms with Crippen LogP contribution in [-0.2, 0) is 25.7 Å².